The number of likely N-dealkylation sites (tertiary alicyclic amines) is 1. The molecule has 1 unspecified atom stereocenters. The summed E-state index contributed by atoms with van der Waals surface area (Å²) in [6.45, 7) is 10.8. The molecule has 2 heterocycles. The summed E-state index contributed by atoms with van der Waals surface area (Å²) in [7, 11) is 0. The van der Waals surface area contributed by atoms with Gasteiger partial charge >= 0.3 is 0 Å². The zero-order valence-electron chi connectivity index (χ0n) is 17.6. The van der Waals surface area contributed by atoms with E-state index in [0.29, 0.717) is 11.8 Å². The molecule has 0 radical (unpaired) electrons. The average molecular weight is 398 g/mol. The Hall–Kier alpha value is -2.11. The van der Waals surface area contributed by atoms with E-state index in [4.69, 9.17) is 0 Å². The third-order valence-electron chi connectivity index (χ3n) is 6.46. The van der Waals surface area contributed by atoms with E-state index in [-0.39, 0.29) is 5.82 Å². The van der Waals surface area contributed by atoms with Crippen molar-refractivity contribution >= 4 is 5.69 Å². The standard InChI is InChI=1S/C24H32FN3O/c1-18-14-20(15-19(2)24(18)29)16-26-9-5-6-21(17-26)27-10-12-28(13-11-27)23-8-4-3-7-22(23)25/h3-4,7-8,14-15,21,29H,5-6,9-13,16-17H2,1-2H3. The number of hydrogen-bond acceptors (Lipinski definition) is 4. The summed E-state index contributed by atoms with van der Waals surface area (Å²) in [6, 6.07) is 11.9. The molecule has 2 aromatic carbocycles. The van der Waals surface area contributed by atoms with Crippen LogP contribution < -0.4 is 4.90 Å². The molecule has 0 spiro atoms. The van der Waals surface area contributed by atoms with E-state index in [1.807, 2.05) is 26.0 Å². The topological polar surface area (TPSA) is 30.0 Å². The number of halogens is 1. The number of aryl methyl sites for hydroxylation is 2. The largest absolute Gasteiger partial charge is 0.507 e. The van der Waals surface area contributed by atoms with E-state index in [0.717, 1.165) is 62.6 Å². The van der Waals surface area contributed by atoms with Crippen LogP contribution in [0.1, 0.15) is 29.5 Å². The number of benzene rings is 2. The van der Waals surface area contributed by atoms with Crippen LogP contribution in [-0.2, 0) is 6.54 Å². The van der Waals surface area contributed by atoms with E-state index < -0.39 is 0 Å². The molecule has 4 nitrogen and oxygen atoms in total. The highest BCUT2D eigenvalue weighted by Crippen LogP contribution is 2.26. The number of para-hydroxylation sites is 1. The van der Waals surface area contributed by atoms with Crippen molar-refractivity contribution in [2.75, 3.05) is 44.2 Å². The second kappa shape index (κ2) is 8.72. The van der Waals surface area contributed by atoms with Gasteiger partial charge < -0.3 is 10.0 Å². The normalized spacial score (nSPS) is 21.5. The number of phenolic OH excluding ortho intramolecular Hbond substituents is 1. The van der Waals surface area contributed by atoms with Crippen molar-refractivity contribution in [3.63, 3.8) is 0 Å². The van der Waals surface area contributed by atoms with Crippen LogP contribution in [0.5, 0.6) is 5.75 Å². The lowest BCUT2D eigenvalue weighted by Crippen LogP contribution is -2.55. The maximum absolute atomic E-state index is 14.1. The molecule has 0 saturated carbocycles. The van der Waals surface area contributed by atoms with Gasteiger partial charge in [0.15, 0.2) is 0 Å². The summed E-state index contributed by atoms with van der Waals surface area (Å²) in [6.07, 6.45) is 2.46. The molecule has 29 heavy (non-hydrogen) atoms. The van der Waals surface area contributed by atoms with Gasteiger partial charge in [0.05, 0.1) is 5.69 Å². The minimum atomic E-state index is -0.121. The molecule has 2 fully saturated rings. The molecule has 4 rings (SSSR count). The summed E-state index contributed by atoms with van der Waals surface area (Å²) >= 11 is 0. The van der Waals surface area contributed by atoms with Gasteiger partial charge in [0, 0.05) is 45.3 Å². The van der Waals surface area contributed by atoms with Crippen LogP contribution in [0.3, 0.4) is 0 Å². The quantitative estimate of drug-likeness (QED) is 0.847. The van der Waals surface area contributed by atoms with Gasteiger partial charge in [-0.25, -0.2) is 4.39 Å². The Kier molecular flexibility index (Phi) is 6.07. The highest BCUT2D eigenvalue weighted by atomic mass is 19.1. The lowest BCUT2D eigenvalue weighted by Gasteiger charge is -2.44. The first-order chi connectivity index (χ1) is 14.0. The zero-order valence-corrected chi connectivity index (χ0v) is 17.6. The van der Waals surface area contributed by atoms with Crippen LogP contribution in [0.2, 0.25) is 0 Å². The first kappa shape index (κ1) is 20.2. The highest BCUT2D eigenvalue weighted by molar-refractivity contribution is 5.48. The Bertz CT molecular complexity index is 825. The third kappa shape index (κ3) is 4.57. The predicted molar refractivity (Wildman–Crippen MR) is 116 cm³/mol. The molecule has 2 aliphatic heterocycles. The van der Waals surface area contributed by atoms with Crippen LogP contribution >= 0.6 is 0 Å². The number of rotatable bonds is 4. The molecule has 0 aromatic heterocycles. The van der Waals surface area contributed by atoms with Crippen LogP contribution in [0, 0.1) is 19.7 Å². The predicted octanol–water partition coefficient (Wildman–Crippen LogP) is 3.93. The van der Waals surface area contributed by atoms with Crippen LogP contribution in [0.4, 0.5) is 10.1 Å². The van der Waals surface area contributed by atoms with E-state index in [9.17, 15) is 9.50 Å². The summed E-state index contributed by atoms with van der Waals surface area (Å²) < 4.78 is 14.1. The van der Waals surface area contributed by atoms with Gasteiger partial charge in [0.1, 0.15) is 11.6 Å². The van der Waals surface area contributed by atoms with Crippen molar-refractivity contribution in [2.24, 2.45) is 0 Å². The molecule has 2 aromatic rings. The van der Waals surface area contributed by atoms with Crippen LogP contribution in [0.15, 0.2) is 36.4 Å². The number of piperazine rings is 1. The first-order valence-electron chi connectivity index (χ1n) is 10.8. The average Bonchev–Trinajstić information content (AvgIpc) is 2.73. The molecule has 1 atom stereocenters. The van der Waals surface area contributed by atoms with Gasteiger partial charge in [-0.3, -0.25) is 9.80 Å². The Labute approximate surface area is 173 Å². The number of nitrogens with zero attached hydrogens (tertiary/aromatic N) is 3. The number of anilines is 1. The number of aromatic hydroxyl groups is 1. The van der Waals surface area contributed by atoms with Crippen LogP contribution in [0.25, 0.3) is 0 Å². The summed E-state index contributed by atoms with van der Waals surface area (Å²) in [4.78, 5) is 7.31. The SMILES string of the molecule is Cc1cc(CN2CCCC(N3CCN(c4ccccc4F)CC3)C2)cc(C)c1O. The van der Waals surface area contributed by atoms with Crippen molar-refractivity contribution in [3.05, 3.63) is 58.9 Å². The monoisotopic (exact) mass is 397 g/mol. The van der Waals surface area contributed by atoms with Gasteiger partial charge in [-0.05, 0) is 62.1 Å². The molecule has 2 saturated heterocycles. The minimum Gasteiger partial charge on any atom is -0.507 e. The summed E-state index contributed by atoms with van der Waals surface area (Å²) in [5, 5.41) is 10.0. The molecular formula is C24H32FN3O. The van der Waals surface area contributed by atoms with E-state index in [1.54, 1.807) is 12.1 Å². The van der Waals surface area contributed by atoms with Crippen LogP contribution in [-0.4, -0.2) is 60.2 Å². The second-order valence-electron chi connectivity index (χ2n) is 8.58. The van der Waals surface area contributed by atoms with Crippen molar-refractivity contribution < 1.29 is 9.50 Å². The fraction of sp³-hybridized carbons (Fsp3) is 0.500. The smallest absolute Gasteiger partial charge is 0.146 e. The Balaban J connectivity index is 1.34. The lowest BCUT2D eigenvalue weighted by atomic mass is 10.0. The van der Waals surface area contributed by atoms with Crippen molar-refractivity contribution in [1.82, 2.24) is 9.80 Å². The van der Waals surface area contributed by atoms with E-state index in [1.165, 1.54) is 18.4 Å². The van der Waals surface area contributed by atoms with Crippen molar-refractivity contribution in [2.45, 2.75) is 39.3 Å². The fourth-order valence-electron chi connectivity index (χ4n) is 4.90. The fourth-order valence-corrected chi connectivity index (χ4v) is 4.90. The molecule has 1 N–H and O–H groups in total. The van der Waals surface area contributed by atoms with E-state index >= 15 is 0 Å². The minimum absolute atomic E-state index is 0.121. The van der Waals surface area contributed by atoms with Gasteiger partial charge in [-0.15, -0.1) is 0 Å². The first-order valence-corrected chi connectivity index (χ1v) is 10.8. The van der Waals surface area contributed by atoms with Crippen molar-refractivity contribution in [1.29, 1.82) is 0 Å². The van der Waals surface area contributed by atoms with Gasteiger partial charge in [0.25, 0.3) is 0 Å². The molecule has 2 aliphatic rings. The molecular weight excluding hydrogens is 365 g/mol. The Morgan fingerprint density at radius 1 is 1.00 bits per heavy atom. The number of hydrogen-bond donors (Lipinski definition) is 1. The number of phenols is 1. The maximum Gasteiger partial charge on any atom is 0.146 e. The highest BCUT2D eigenvalue weighted by Gasteiger charge is 2.28. The van der Waals surface area contributed by atoms with E-state index in [2.05, 4.69) is 26.8 Å². The molecule has 5 heteroatoms. The summed E-state index contributed by atoms with van der Waals surface area (Å²) in [5.74, 6) is 0.294. The van der Waals surface area contributed by atoms with Gasteiger partial charge in [-0.1, -0.05) is 24.3 Å². The Morgan fingerprint density at radius 2 is 1.69 bits per heavy atom. The molecule has 0 amide bonds. The summed E-state index contributed by atoms with van der Waals surface area (Å²) in [5.41, 5.74) is 3.92. The molecule has 0 aliphatic carbocycles. The van der Waals surface area contributed by atoms with Gasteiger partial charge in [0.2, 0.25) is 0 Å². The second-order valence-corrected chi connectivity index (χ2v) is 8.58. The van der Waals surface area contributed by atoms with Crippen molar-refractivity contribution in [3.8, 4) is 5.75 Å². The van der Waals surface area contributed by atoms with Gasteiger partial charge in [-0.2, -0.15) is 0 Å². The number of piperidine rings is 1. The zero-order chi connectivity index (χ0) is 20.4. The third-order valence-corrected chi connectivity index (χ3v) is 6.46. The lowest BCUT2D eigenvalue weighted by molar-refractivity contribution is 0.0886. The maximum atomic E-state index is 14.1. The molecule has 0 bridgehead atoms. The molecule has 156 valence electrons. The Morgan fingerprint density at radius 3 is 2.38 bits per heavy atom.